The number of amidine groups is 1. The fraction of sp³-hybridized carbons (Fsp3) is 0.0244. The molecule has 1 N–H and O–H groups in total. The minimum atomic E-state index is -0.0550. The number of rotatable bonds is 6. The van der Waals surface area contributed by atoms with E-state index in [2.05, 4.69) is 131 Å². The van der Waals surface area contributed by atoms with Crippen molar-refractivity contribution in [3.8, 4) is 44.9 Å². The summed E-state index contributed by atoms with van der Waals surface area (Å²) in [5.41, 5.74) is 11.6. The monoisotopic (exact) mass is 591 g/mol. The first-order valence-electron chi connectivity index (χ1n) is 15.3. The molecule has 0 saturated heterocycles. The molecule has 0 aliphatic carbocycles. The van der Waals surface area contributed by atoms with Crippen molar-refractivity contribution in [3.05, 3.63) is 181 Å². The van der Waals surface area contributed by atoms with Crippen molar-refractivity contribution in [2.75, 3.05) is 0 Å². The molecule has 0 bridgehead atoms. The molecule has 0 saturated carbocycles. The fourth-order valence-electron chi connectivity index (χ4n) is 5.99. The standard InChI is InChI=1S/C41H29N5/c1-3-10-28(11-4-1)32-19-20-36-38(27-32)45-41(46-39(36)30-12-5-2-6-13-30)35-25-33(24-34(26-35)37-14-7-8-21-42-37)29-15-17-31(18-16-29)40-43-22-9-23-44-40/h1-27,39H,(H,45,46). The number of pyridine rings is 1. The van der Waals surface area contributed by atoms with E-state index in [1.165, 1.54) is 11.1 Å². The Hall–Kier alpha value is -6.20. The van der Waals surface area contributed by atoms with Crippen LogP contribution >= 0.6 is 0 Å². The van der Waals surface area contributed by atoms with Crippen LogP contribution in [0, 0.1) is 0 Å². The lowest BCUT2D eigenvalue weighted by molar-refractivity contribution is 0.749. The number of hydrogen-bond acceptors (Lipinski definition) is 5. The molecule has 0 radical (unpaired) electrons. The van der Waals surface area contributed by atoms with E-state index in [9.17, 15) is 0 Å². The molecule has 46 heavy (non-hydrogen) atoms. The van der Waals surface area contributed by atoms with E-state index in [1.54, 1.807) is 12.4 Å². The summed E-state index contributed by atoms with van der Waals surface area (Å²) in [7, 11) is 0. The highest BCUT2D eigenvalue weighted by Crippen LogP contribution is 2.38. The van der Waals surface area contributed by atoms with E-state index in [-0.39, 0.29) is 6.04 Å². The van der Waals surface area contributed by atoms with Gasteiger partial charge in [0, 0.05) is 40.8 Å². The van der Waals surface area contributed by atoms with Gasteiger partial charge < -0.3 is 5.32 Å². The predicted molar refractivity (Wildman–Crippen MR) is 186 cm³/mol. The summed E-state index contributed by atoms with van der Waals surface area (Å²) >= 11 is 0. The van der Waals surface area contributed by atoms with Crippen molar-refractivity contribution in [1.29, 1.82) is 0 Å². The summed E-state index contributed by atoms with van der Waals surface area (Å²) < 4.78 is 0. The van der Waals surface area contributed by atoms with Crippen LogP contribution in [0.3, 0.4) is 0 Å². The highest BCUT2D eigenvalue weighted by molar-refractivity contribution is 6.04. The Balaban J connectivity index is 1.27. The van der Waals surface area contributed by atoms with Crippen molar-refractivity contribution < 1.29 is 0 Å². The Labute approximate surface area is 268 Å². The summed E-state index contributed by atoms with van der Waals surface area (Å²) in [5, 5.41) is 3.80. The molecule has 1 aliphatic rings. The molecule has 5 nitrogen and oxygen atoms in total. The molecule has 5 aromatic carbocycles. The van der Waals surface area contributed by atoms with Gasteiger partial charge in [0.2, 0.25) is 0 Å². The topological polar surface area (TPSA) is 63.1 Å². The first kappa shape index (κ1) is 27.4. The Morgan fingerprint density at radius 1 is 0.435 bits per heavy atom. The first-order valence-corrected chi connectivity index (χ1v) is 15.3. The molecule has 1 aliphatic heterocycles. The largest absolute Gasteiger partial charge is 0.359 e. The second-order valence-electron chi connectivity index (χ2n) is 11.3. The summed E-state index contributed by atoms with van der Waals surface area (Å²) in [6.07, 6.45) is 5.36. The normalized spacial score (nSPS) is 13.7. The maximum Gasteiger partial charge on any atom is 0.159 e. The van der Waals surface area contributed by atoms with Gasteiger partial charge in [-0.2, -0.15) is 0 Å². The molecular weight excluding hydrogens is 562 g/mol. The number of aromatic nitrogens is 3. The molecule has 3 heterocycles. The van der Waals surface area contributed by atoms with Crippen LogP contribution < -0.4 is 5.32 Å². The Morgan fingerprint density at radius 2 is 1.07 bits per heavy atom. The molecule has 7 aromatic rings. The number of aliphatic imine (C=N–C) groups is 1. The minimum Gasteiger partial charge on any atom is -0.359 e. The quantitative estimate of drug-likeness (QED) is 0.209. The van der Waals surface area contributed by atoms with Crippen LogP contribution in [0.1, 0.15) is 22.7 Å². The third kappa shape index (κ3) is 5.46. The average Bonchev–Trinajstić information content (AvgIpc) is 3.15. The van der Waals surface area contributed by atoms with Crippen LogP contribution in [0.15, 0.2) is 169 Å². The molecule has 5 heteroatoms. The minimum absolute atomic E-state index is 0.0550. The van der Waals surface area contributed by atoms with Crippen molar-refractivity contribution in [2.45, 2.75) is 6.04 Å². The Kier molecular flexibility index (Phi) is 7.17. The smallest absolute Gasteiger partial charge is 0.159 e. The van der Waals surface area contributed by atoms with Gasteiger partial charge >= 0.3 is 0 Å². The molecule has 1 unspecified atom stereocenters. The van der Waals surface area contributed by atoms with Crippen LogP contribution in [0.2, 0.25) is 0 Å². The van der Waals surface area contributed by atoms with Gasteiger partial charge in [0.1, 0.15) is 5.84 Å². The summed E-state index contributed by atoms with van der Waals surface area (Å²) in [6.45, 7) is 0. The van der Waals surface area contributed by atoms with E-state index in [0.29, 0.717) is 5.82 Å². The highest BCUT2D eigenvalue weighted by atomic mass is 15.1. The van der Waals surface area contributed by atoms with Crippen LogP contribution in [0.4, 0.5) is 5.69 Å². The third-order valence-corrected chi connectivity index (χ3v) is 8.30. The highest BCUT2D eigenvalue weighted by Gasteiger charge is 2.25. The first-order chi connectivity index (χ1) is 22.8. The molecule has 8 rings (SSSR count). The lowest BCUT2D eigenvalue weighted by Gasteiger charge is -2.28. The van der Waals surface area contributed by atoms with Crippen molar-refractivity contribution >= 4 is 11.5 Å². The zero-order chi connectivity index (χ0) is 30.7. The van der Waals surface area contributed by atoms with Gasteiger partial charge in [-0.15, -0.1) is 0 Å². The van der Waals surface area contributed by atoms with Crippen molar-refractivity contribution in [3.63, 3.8) is 0 Å². The van der Waals surface area contributed by atoms with Gasteiger partial charge in [-0.25, -0.2) is 15.0 Å². The molecule has 0 fully saturated rings. The van der Waals surface area contributed by atoms with E-state index in [1.807, 2.05) is 36.5 Å². The van der Waals surface area contributed by atoms with Gasteiger partial charge in [-0.1, -0.05) is 103 Å². The lowest BCUT2D eigenvalue weighted by Crippen LogP contribution is -2.32. The Bertz CT molecular complexity index is 2150. The van der Waals surface area contributed by atoms with Gasteiger partial charge in [0.15, 0.2) is 5.82 Å². The van der Waals surface area contributed by atoms with Gasteiger partial charge in [0.05, 0.1) is 17.4 Å². The second-order valence-corrected chi connectivity index (χ2v) is 11.3. The van der Waals surface area contributed by atoms with E-state index >= 15 is 0 Å². The van der Waals surface area contributed by atoms with Gasteiger partial charge in [-0.3, -0.25) is 4.98 Å². The third-order valence-electron chi connectivity index (χ3n) is 8.30. The maximum absolute atomic E-state index is 5.27. The van der Waals surface area contributed by atoms with E-state index < -0.39 is 0 Å². The molecule has 218 valence electrons. The van der Waals surface area contributed by atoms with Crippen LogP contribution in [-0.4, -0.2) is 20.8 Å². The molecule has 0 spiro atoms. The molecule has 2 aromatic heterocycles. The zero-order valence-electron chi connectivity index (χ0n) is 25.0. The van der Waals surface area contributed by atoms with Crippen molar-refractivity contribution in [2.24, 2.45) is 4.99 Å². The molecule has 1 atom stereocenters. The molecule has 0 amide bonds. The van der Waals surface area contributed by atoms with Crippen LogP contribution in [0.25, 0.3) is 44.9 Å². The predicted octanol–water partition coefficient (Wildman–Crippen LogP) is 9.31. The van der Waals surface area contributed by atoms with Gasteiger partial charge in [-0.05, 0) is 70.3 Å². The van der Waals surface area contributed by atoms with E-state index in [4.69, 9.17) is 9.98 Å². The Morgan fingerprint density at radius 3 is 1.83 bits per heavy atom. The number of benzene rings is 5. The second kappa shape index (κ2) is 12.1. The van der Waals surface area contributed by atoms with Gasteiger partial charge in [0.25, 0.3) is 0 Å². The lowest BCUT2D eigenvalue weighted by atomic mass is 9.91. The summed E-state index contributed by atoms with van der Waals surface area (Å²) in [5.74, 6) is 1.53. The molecular formula is C41H29N5. The maximum atomic E-state index is 5.27. The summed E-state index contributed by atoms with van der Waals surface area (Å²) in [6, 6.07) is 50.4. The van der Waals surface area contributed by atoms with Crippen molar-refractivity contribution in [1.82, 2.24) is 20.3 Å². The van der Waals surface area contributed by atoms with E-state index in [0.717, 1.165) is 56.2 Å². The summed E-state index contributed by atoms with van der Waals surface area (Å²) in [4.78, 5) is 18.8. The average molecular weight is 592 g/mol. The number of nitrogens with one attached hydrogen (secondary N) is 1. The number of nitrogens with zero attached hydrogens (tertiary/aromatic N) is 4. The SMILES string of the molecule is c1ccc(-c2ccc3c(c2)N=C(c2cc(-c4ccc(-c5ncccn5)cc4)cc(-c4ccccn4)c2)NC3c2ccccc2)cc1. The fourth-order valence-corrected chi connectivity index (χ4v) is 5.99. The number of fused-ring (bicyclic) bond motifs is 1. The zero-order valence-corrected chi connectivity index (χ0v) is 25.0. The van der Waals surface area contributed by atoms with Crippen LogP contribution in [-0.2, 0) is 0 Å². The van der Waals surface area contributed by atoms with Crippen LogP contribution in [0.5, 0.6) is 0 Å². The number of hydrogen-bond donors (Lipinski definition) is 1.